The minimum atomic E-state index is -0.0995. The first kappa shape index (κ1) is 26.2. The SMILES string of the molecule is C=CCOc1ccccc1CNC(=NC)NCCCCCCC(=O)OCC.I. The molecule has 0 bridgehead atoms. The van der Waals surface area contributed by atoms with Crippen molar-refractivity contribution in [2.45, 2.75) is 45.6 Å². The number of carbonyl (C=O) groups is 1. The van der Waals surface area contributed by atoms with Gasteiger partial charge in [-0.3, -0.25) is 9.79 Å². The maximum atomic E-state index is 11.3. The fourth-order valence-corrected chi connectivity index (χ4v) is 2.53. The van der Waals surface area contributed by atoms with Crippen molar-refractivity contribution in [1.29, 1.82) is 0 Å². The third kappa shape index (κ3) is 11.8. The van der Waals surface area contributed by atoms with Crippen LogP contribution in [0.1, 0.15) is 44.6 Å². The Balaban J connectivity index is 0.00000729. The number of benzene rings is 1. The number of carbonyl (C=O) groups excluding carboxylic acids is 1. The van der Waals surface area contributed by atoms with Gasteiger partial charge in [0.05, 0.1) is 6.61 Å². The lowest BCUT2D eigenvalue weighted by atomic mass is 10.1. The van der Waals surface area contributed by atoms with E-state index in [4.69, 9.17) is 9.47 Å². The first-order valence-corrected chi connectivity index (χ1v) is 9.63. The van der Waals surface area contributed by atoms with Gasteiger partial charge in [-0.15, -0.1) is 24.0 Å². The highest BCUT2D eigenvalue weighted by atomic mass is 127. The van der Waals surface area contributed by atoms with Crippen molar-refractivity contribution in [3.05, 3.63) is 42.5 Å². The maximum absolute atomic E-state index is 11.3. The van der Waals surface area contributed by atoms with Gasteiger partial charge in [-0.25, -0.2) is 0 Å². The monoisotopic (exact) mass is 503 g/mol. The zero-order valence-electron chi connectivity index (χ0n) is 17.0. The summed E-state index contributed by atoms with van der Waals surface area (Å²) in [5.41, 5.74) is 1.07. The predicted molar refractivity (Wildman–Crippen MR) is 125 cm³/mol. The average molecular weight is 503 g/mol. The van der Waals surface area contributed by atoms with Crippen molar-refractivity contribution in [2.75, 3.05) is 26.8 Å². The van der Waals surface area contributed by atoms with Crippen molar-refractivity contribution in [3.63, 3.8) is 0 Å². The third-order valence-electron chi connectivity index (χ3n) is 3.90. The highest BCUT2D eigenvalue weighted by molar-refractivity contribution is 14.0. The quantitative estimate of drug-likeness (QED) is 0.106. The summed E-state index contributed by atoms with van der Waals surface area (Å²) in [6.07, 6.45) is 6.26. The van der Waals surface area contributed by atoms with E-state index in [0.717, 1.165) is 49.5 Å². The summed E-state index contributed by atoms with van der Waals surface area (Å²) in [7, 11) is 1.76. The Morgan fingerprint density at radius 2 is 1.93 bits per heavy atom. The van der Waals surface area contributed by atoms with E-state index in [1.54, 1.807) is 13.1 Å². The summed E-state index contributed by atoms with van der Waals surface area (Å²) in [6, 6.07) is 7.93. The Kier molecular flexibility index (Phi) is 16.2. The Morgan fingerprint density at radius 1 is 1.18 bits per heavy atom. The van der Waals surface area contributed by atoms with Gasteiger partial charge in [-0.2, -0.15) is 0 Å². The largest absolute Gasteiger partial charge is 0.489 e. The molecule has 0 saturated carbocycles. The minimum Gasteiger partial charge on any atom is -0.489 e. The second-order valence-corrected chi connectivity index (χ2v) is 6.03. The van der Waals surface area contributed by atoms with Crippen molar-refractivity contribution in [1.82, 2.24) is 10.6 Å². The highest BCUT2D eigenvalue weighted by Gasteiger charge is 2.04. The number of guanidine groups is 1. The minimum absolute atomic E-state index is 0. The molecule has 2 N–H and O–H groups in total. The first-order chi connectivity index (χ1) is 13.2. The molecule has 0 unspecified atom stereocenters. The van der Waals surface area contributed by atoms with Crippen molar-refractivity contribution in [2.24, 2.45) is 4.99 Å². The number of nitrogens with zero attached hydrogens (tertiary/aromatic N) is 1. The molecule has 0 atom stereocenters. The zero-order chi connectivity index (χ0) is 19.7. The van der Waals surface area contributed by atoms with Crippen LogP contribution in [0, 0.1) is 0 Å². The number of aliphatic imine (C=N–C) groups is 1. The zero-order valence-corrected chi connectivity index (χ0v) is 19.4. The van der Waals surface area contributed by atoms with E-state index in [1.165, 1.54) is 0 Å². The van der Waals surface area contributed by atoms with Gasteiger partial charge in [0.25, 0.3) is 0 Å². The van der Waals surface area contributed by atoms with Gasteiger partial charge in [0.1, 0.15) is 12.4 Å². The van der Waals surface area contributed by atoms with Crippen LogP contribution < -0.4 is 15.4 Å². The molecule has 0 aliphatic carbocycles. The van der Waals surface area contributed by atoms with Gasteiger partial charge < -0.3 is 20.1 Å². The number of halogens is 1. The second-order valence-electron chi connectivity index (χ2n) is 6.03. The summed E-state index contributed by atoms with van der Waals surface area (Å²) in [6.45, 7) is 7.92. The molecule has 6 nitrogen and oxygen atoms in total. The molecule has 0 aliphatic rings. The molecular weight excluding hydrogens is 469 g/mol. The average Bonchev–Trinajstić information content (AvgIpc) is 2.68. The summed E-state index contributed by atoms with van der Waals surface area (Å²) >= 11 is 0. The lowest BCUT2D eigenvalue weighted by Gasteiger charge is -2.14. The summed E-state index contributed by atoms with van der Waals surface area (Å²) in [5, 5.41) is 6.62. The fraction of sp³-hybridized carbons (Fsp3) is 0.524. The van der Waals surface area contributed by atoms with E-state index >= 15 is 0 Å². The smallest absolute Gasteiger partial charge is 0.305 e. The van der Waals surface area contributed by atoms with Crippen LogP contribution in [-0.4, -0.2) is 38.7 Å². The summed E-state index contributed by atoms with van der Waals surface area (Å²) in [4.78, 5) is 15.5. The van der Waals surface area contributed by atoms with E-state index in [9.17, 15) is 4.79 Å². The molecule has 0 heterocycles. The highest BCUT2D eigenvalue weighted by Crippen LogP contribution is 2.17. The molecule has 1 rings (SSSR count). The number of esters is 1. The topological polar surface area (TPSA) is 72.0 Å². The van der Waals surface area contributed by atoms with Crippen LogP contribution in [0.4, 0.5) is 0 Å². The molecular formula is C21H34IN3O3. The van der Waals surface area contributed by atoms with Crippen LogP contribution in [0.15, 0.2) is 41.9 Å². The van der Waals surface area contributed by atoms with Crippen LogP contribution in [0.2, 0.25) is 0 Å². The lowest BCUT2D eigenvalue weighted by molar-refractivity contribution is -0.143. The van der Waals surface area contributed by atoms with E-state index in [2.05, 4.69) is 22.2 Å². The molecule has 0 aliphatic heterocycles. The van der Waals surface area contributed by atoms with Crippen LogP contribution in [-0.2, 0) is 16.1 Å². The third-order valence-corrected chi connectivity index (χ3v) is 3.90. The molecule has 7 heteroatoms. The Labute approximate surface area is 186 Å². The lowest BCUT2D eigenvalue weighted by Crippen LogP contribution is -2.37. The molecule has 1 aromatic rings. The van der Waals surface area contributed by atoms with Gasteiger partial charge in [0.2, 0.25) is 0 Å². The summed E-state index contributed by atoms with van der Waals surface area (Å²) < 4.78 is 10.6. The summed E-state index contributed by atoms with van der Waals surface area (Å²) in [5.74, 6) is 1.51. The molecule has 28 heavy (non-hydrogen) atoms. The number of rotatable bonds is 13. The maximum Gasteiger partial charge on any atom is 0.305 e. The van der Waals surface area contributed by atoms with Gasteiger partial charge in [0.15, 0.2) is 5.96 Å². The molecule has 0 aromatic heterocycles. The fourth-order valence-electron chi connectivity index (χ4n) is 2.53. The Morgan fingerprint density at radius 3 is 2.64 bits per heavy atom. The van der Waals surface area contributed by atoms with Gasteiger partial charge in [0, 0.05) is 32.1 Å². The molecule has 0 fully saturated rings. The Bertz CT molecular complexity index is 594. The van der Waals surface area contributed by atoms with Crippen LogP contribution in [0.25, 0.3) is 0 Å². The van der Waals surface area contributed by atoms with Gasteiger partial charge in [-0.05, 0) is 25.8 Å². The number of ether oxygens (including phenoxy) is 2. The number of hydrogen-bond donors (Lipinski definition) is 2. The molecule has 1 aromatic carbocycles. The van der Waals surface area contributed by atoms with Crippen molar-refractivity contribution in [3.8, 4) is 5.75 Å². The molecule has 0 saturated heterocycles. The van der Waals surface area contributed by atoms with E-state index in [-0.39, 0.29) is 29.9 Å². The van der Waals surface area contributed by atoms with Gasteiger partial charge in [-0.1, -0.05) is 43.7 Å². The van der Waals surface area contributed by atoms with Crippen molar-refractivity contribution < 1.29 is 14.3 Å². The number of nitrogens with one attached hydrogen (secondary N) is 2. The predicted octanol–water partition coefficient (Wildman–Crippen LogP) is 4.05. The molecule has 158 valence electrons. The second kappa shape index (κ2) is 17.3. The molecule has 0 radical (unpaired) electrons. The normalized spacial score (nSPS) is 10.6. The van der Waals surface area contributed by atoms with Crippen LogP contribution >= 0.6 is 24.0 Å². The number of para-hydroxylation sites is 1. The Hall–Kier alpha value is -1.77. The molecule has 0 amide bonds. The first-order valence-electron chi connectivity index (χ1n) is 9.63. The standard InChI is InChI=1S/C21H33N3O3.HI/c1-4-16-27-19-13-10-9-12-18(19)17-24-21(22-3)23-15-11-7-6-8-14-20(25)26-5-2;/h4,9-10,12-13H,1,5-8,11,14-17H2,2-3H3,(H2,22,23,24);1H. The van der Waals surface area contributed by atoms with Crippen molar-refractivity contribution >= 4 is 35.9 Å². The van der Waals surface area contributed by atoms with E-state index < -0.39 is 0 Å². The van der Waals surface area contributed by atoms with Crippen LogP contribution in [0.3, 0.4) is 0 Å². The van der Waals surface area contributed by atoms with E-state index in [1.807, 2.05) is 31.2 Å². The van der Waals surface area contributed by atoms with E-state index in [0.29, 0.717) is 26.2 Å². The number of unbranched alkanes of at least 4 members (excludes halogenated alkanes) is 3. The molecule has 0 spiro atoms. The van der Waals surface area contributed by atoms with Gasteiger partial charge >= 0.3 is 5.97 Å². The van der Waals surface area contributed by atoms with Crippen LogP contribution in [0.5, 0.6) is 5.75 Å². The number of hydrogen-bond acceptors (Lipinski definition) is 4.